The van der Waals surface area contributed by atoms with Crippen LogP contribution >= 0.6 is 0 Å². The normalized spacial score (nSPS) is 12.8. The fraction of sp³-hybridized carbons (Fsp3) is 0.750. The van der Waals surface area contributed by atoms with Gasteiger partial charge in [-0.15, -0.1) is 0 Å². The first-order valence-corrected chi connectivity index (χ1v) is 8.00. The van der Waals surface area contributed by atoms with Gasteiger partial charge in [0.25, 0.3) is 0 Å². The summed E-state index contributed by atoms with van der Waals surface area (Å²) in [7, 11) is -3.48. The Bertz CT molecular complexity index is 488. The Kier molecular flexibility index (Phi) is 5.51. The number of rotatable bonds is 7. The topological polar surface area (TPSA) is 76.0 Å². The summed E-state index contributed by atoms with van der Waals surface area (Å²) in [5, 5.41) is 7.29. The first kappa shape index (κ1) is 16.1. The van der Waals surface area contributed by atoms with Crippen molar-refractivity contribution in [2.45, 2.75) is 51.1 Å². The molecule has 0 fully saturated rings. The lowest BCUT2D eigenvalue weighted by Gasteiger charge is -2.19. The van der Waals surface area contributed by atoms with Gasteiger partial charge in [-0.05, 0) is 40.3 Å². The van der Waals surface area contributed by atoms with Gasteiger partial charge in [-0.3, -0.25) is 4.68 Å². The van der Waals surface area contributed by atoms with Crippen LogP contribution in [0.1, 0.15) is 34.1 Å². The van der Waals surface area contributed by atoms with E-state index in [-0.39, 0.29) is 4.90 Å². The summed E-state index contributed by atoms with van der Waals surface area (Å²) in [6, 6.07) is 0. The van der Waals surface area contributed by atoms with Crippen LogP contribution in [0.2, 0.25) is 0 Å². The number of nitrogens with one attached hydrogen (secondary N) is 2. The second kappa shape index (κ2) is 6.49. The lowest BCUT2D eigenvalue weighted by atomic mass is 10.1. The Morgan fingerprint density at radius 1 is 1.37 bits per heavy atom. The average Bonchev–Trinajstić information content (AvgIpc) is 2.70. The summed E-state index contributed by atoms with van der Waals surface area (Å²) < 4.78 is 28.4. The molecule has 19 heavy (non-hydrogen) atoms. The maximum absolute atomic E-state index is 12.1. The zero-order valence-electron chi connectivity index (χ0n) is 12.1. The first-order chi connectivity index (χ1) is 8.74. The molecule has 0 spiro atoms. The molecule has 7 heteroatoms. The minimum Gasteiger partial charge on any atom is -0.317 e. The zero-order valence-corrected chi connectivity index (χ0v) is 12.9. The van der Waals surface area contributed by atoms with Gasteiger partial charge in [-0.25, -0.2) is 13.1 Å². The molecule has 0 aliphatic carbocycles. The van der Waals surface area contributed by atoms with E-state index in [0.717, 1.165) is 19.5 Å². The Morgan fingerprint density at radius 2 is 2.05 bits per heavy atom. The van der Waals surface area contributed by atoms with Crippen molar-refractivity contribution in [3.8, 4) is 0 Å². The highest BCUT2D eigenvalue weighted by atomic mass is 32.2. The molecular weight excluding hydrogens is 264 g/mol. The third-order valence-corrected chi connectivity index (χ3v) is 4.06. The number of hydrogen-bond acceptors (Lipinski definition) is 4. The highest BCUT2D eigenvalue weighted by Crippen LogP contribution is 2.11. The molecule has 110 valence electrons. The third kappa shape index (κ3) is 5.71. The van der Waals surface area contributed by atoms with Crippen LogP contribution in [0.15, 0.2) is 17.3 Å². The number of hydrogen-bond donors (Lipinski definition) is 2. The third-order valence-electron chi connectivity index (χ3n) is 2.35. The molecule has 0 amide bonds. The number of aromatic nitrogens is 2. The van der Waals surface area contributed by atoms with Crippen molar-refractivity contribution in [1.82, 2.24) is 19.8 Å². The van der Waals surface area contributed by atoms with Crippen molar-refractivity contribution < 1.29 is 8.42 Å². The number of nitrogens with zero attached hydrogens (tertiary/aromatic N) is 2. The van der Waals surface area contributed by atoms with E-state index >= 15 is 0 Å². The van der Waals surface area contributed by atoms with E-state index < -0.39 is 15.6 Å². The molecule has 1 rings (SSSR count). The van der Waals surface area contributed by atoms with Crippen LogP contribution in [0.3, 0.4) is 0 Å². The SMILES string of the molecule is CCNCCCn1cc(S(=O)(=O)NC(C)(C)C)cn1. The van der Waals surface area contributed by atoms with Crippen LogP contribution in [0.25, 0.3) is 0 Å². The zero-order chi connectivity index (χ0) is 14.5. The molecule has 2 N–H and O–H groups in total. The van der Waals surface area contributed by atoms with E-state index in [2.05, 4.69) is 22.1 Å². The van der Waals surface area contributed by atoms with E-state index in [1.165, 1.54) is 6.20 Å². The first-order valence-electron chi connectivity index (χ1n) is 6.52. The van der Waals surface area contributed by atoms with Gasteiger partial charge in [0.1, 0.15) is 4.90 Å². The second-order valence-electron chi connectivity index (χ2n) is 5.50. The van der Waals surface area contributed by atoms with Gasteiger partial charge in [0.05, 0.1) is 6.20 Å². The molecule has 0 radical (unpaired) electrons. The summed E-state index contributed by atoms with van der Waals surface area (Å²) in [5.41, 5.74) is -0.494. The van der Waals surface area contributed by atoms with Crippen LogP contribution in [-0.4, -0.2) is 36.8 Å². The van der Waals surface area contributed by atoms with E-state index in [1.54, 1.807) is 10.9 Å². The molecule has 0 saturated heterocycles. The van der Waals surface area contributed by atoms with Crippen molar-refractivity contribution in [3.63, 3.8) is 0 Å². The molecule has 0 unspecified atom stereocenters. The summed E-state index contributed by atoms with van der Waals surface area (Å²) >= 11 is 0. The van der Waals surface area contributed by atoms with Gasteiger partial charge in [-0.2, -0.15) is 5.10 Å². The number of aryl methyl sites for hydroxylation is 1. The van der Waals surface area contributed by atoms with Gasteiger partial charge in [0, 0.05) is 18.3 Å². The van der Waals surface area contributed by atoms with Crippen LogP contribution < -0.4 is 10.0 Å². The van der Waals surface area contributed by atoms with Crippen molar-refractivity contribution in [2.75, 3.05) is 13.1 Å². The molecule has 0 aliphatic rings. The quantitative estimate of drug-likeness (QED) is 0.733. The van der Waals surface area contributed by atoms with Gasteiger partial charge in [0.15, 0.2) is 0 Å². The lowest BCUT2D eigenvalue weighted by Crippen LogP contribution is -2.40. The van der Waals surface area contributed by atoms with Crippen molar-refractivity contribution >= 4 is 10.0 Å². The van der Waals surface area contributed by atoms with Gasteiger partial charge >= 0.3 is 0 Å². The van der Waals surface area contributed by atoms with Crippen molar-refractivity contribution in [2.24, 2.45) is 0 Å². The molecule has 0 aliphatic heterocycles. The Hall–Kier alpha value is -0.920. The summed E-state index contributed by atoms with van der Waals surface area (Å²) in [4.78, 5) is 0.214. The lowest BCUT2D eigenvalue weighted by molar-refractivity contribution is 0.491. The molecule has 0 aromatic carbocycles. The van der Waals surface area contributed by atoms with Crippen LogP contribution in [0.5, 0.6) is 0 Å². The molecule has 0 bridgehead atoms. The second-order valence-corrected chi connectivity index (χ2v) is 7.18. The predicted molar refractivity (Wildman–Crippen MR) is 75.5 cm³/mol. The Labute approximate surface area is 115 Å². The highest BCUT2D eigenvalue weighted by Gasteiger charge is 2.23. The average molecular weight is 288 g/mol. The van der Waals surface area contributed by atoms with E-state index in [1.807, 2.05) is 20.8 Å². The molecule has 1 heterocycles. The van der Waals surface area contributed by atoms with Crippen LogP contribution in [0, 0.1) is 0 Å². The van der Waals surface area contributed by atoms with E-state index in [9.17, 15) is 8.42 Å². The number of sulfonamides is 1. The minimum atomic E-state index is -3.48. The largest absolute Gasteiger partial charge is 0.317 e. The molecular formula is C12H24N4O2S. The maximum Gasteiger partial charge on any atom is 0.244 e. The standard InChI is InChI=1S/C12H24N4O2S/c1-5-13-7-6-8-16-10-11(9-14-16)19(17,18)15-12(2,3)4/h9-10,13,15H,5-8H2,1-4H3. The minimum absolute atomic E-state index is 0.214. The highest BCUT2D eigenvalue weighted by molar-refractivity contribution is 7.89. The van der Waals surface area contributed by atoms with Crippen molar-refractivity contribution in [3.05, 3.63) is 12.4 Å². The predicted octanol–water partition coefficient (Wildman–Crippen LogP) is 0.960. The van der Waals surface area contributed by atoms with E-state index in [4.69, 9.17) is 0 Å². The fourth-order valence-corrected chi connectivity index (χ4v) is 2.98. The molecule has 0 atom stereocenters. The monoisotopic (exact) mass is 288 g/mol. The van der Waals surface area contributed by atoms with E-state index in [0.29, 0.717) is 6.54 Å². The Balaban J connectivity index is 2.63. The van der Waals surface area contributed by atoms with Gasteiger partial charge in [0.2, 0.25) is 10.0 Å². The molecule has 1 aromatic rings. The maximum atomic E-state index is 12.1. The summed E-state index contributed by atoms with van der Waals surface area (Å²) in [6.07, 6.45) is 3.88. The van der Waals surface area contributed by atoms with Crippen LogP contribution in [-0.2, 0) is 16.6 Å². The molecule has 1 aromatic heterocycles. The van der Waals surface area contributed by atoms with Crippen LogP contribution in [0.4, 0.5) is 0 Å². The van der Waals surface area contributed by atoms with Gasteiger partial charge < -0.3 is 5.32 Å². The Morgan fingerprint density at radius 3 is 2.63 bits per heavy atom. The van der Waals surface area contributed by atoms with Gasteiger partial charge in [-0.1, -0.05) is 6.92 Å². The molecule has 0 saturated carbocycles. The molecule has 6 nitrogen and oxygen atoms in total. The summed E-state index contributed by atoms with van der Waals surface area (Å²) in [5.74, 6) is 0. The summed E-state index contributed by atoms with van der Waals surface area (Å²) in [6.45, 7) is 10.0. The fourth-order valence-electron chi connectivity index (χ4n) is 1.61. The smallest absolute Gasteiger partial charge is 0.244 e. The van der Waals surface area contributed by atoms with Crippen molar-refractivity contribution in [1.29, 1.82) is 0 Å².